The number of hydrogen-bond acceptors (Lipinski definition) is 3. The Morgan fingerprint density at radius 1 is 1.22 bits per heavy atom. The van der Waals surface area contributed by atoms with Crippen LogP contribution in [0, 0.1) is 6.92 Å². The predicted octanol–water partition coefficient (Wildman–Crippen LogP) is 3.22. The Kier molecular flexibility index (Phi) is 4.92. The molecule has 0 N–H and O–H groups in total. The van der Waals surface area contributed by atoms with Crippen LogP contribution in [0.4, 0.5) is 0 Å². The maximum absolute atomic E-state index is 13.2. The summed E-state index contributed by atoms with van der Waals surface area (Å²) in [4.78, 5) is 19.3. The molecule has 0 saturated heterocycles. The molecule has 0 radical (unpaired) electrons. The fourth-order valence-corrected chi connectivity index (χ4v) is 3.54. The summed E-state index contributed by atoms with van der Waals surface area (Å²) < 4.78 is 8.03. The summed E-state index contributed by atoms with van der Waals surface area (Å²) in [6.45, 7) is 3.73. The fraction of sp³-hybridized carbons (Fsp3) is 0.273. The van der Waals surface area contributed by atoms with E-state index in [2.05, 4.69) is 11.1 Å². The van der Waals surface area contributed by atoms with Gasteiger partial charge in [-0.3, -0.25) is 4.79 Å². The van der Waals surface area contributed by atoms with Crippen molar-refractivity contribution < 1.29 is 9.53 Å². The Hall–Kier alpha value is -3.08. The molecule has 3 aromatic rings. The molecule has 2 heterocycles. The minimum absolute atomic E-state index is 0.0519. The second-order valence-electron chi connectivity index (χ2n) is 7.02. The van der Waals surface area contributed by atoms with Gasteiger partial charge in [-0.05, 0) is 18.6 Å². The second-order valence-corrected chi connectivity index (χ2v) is 7.02. The average Bonchev–Trinajstić information content (AvgIpc) is 3.10. The van der Waals surface area contributed by atoms with E-state index in [0.717, 1.165) is 16.9 Å². The number of carbonyl (C=O) groups excluding carboxylic acids is 1. The van der Waals surface area contributed by atoms with Gasteiger partial charge in [0.1, 0.15) is 12.4 Å². The van der Waals surface area contributed by atoms with Crippen molar-refractivity contribution >= 4 is 5.91 Å². The molecule has 4 rings (SSSR count). The van der Waals surface area contributed by atoms with Gasteiger partial charge in [0.2, 0.25) is 5.91 Å². The van der Waals surface area contributed by atoms with Gasteiger partial charge in [-0.2, -0.15) is 0 Å². The summed E-state index contributed by atoms with van der Waals surface area (Å²) in [5.41, 5.74) is 3.25. The molecular weight excluding hydrogens is 338 g/mol. The molecule has 5 nitrogen and oxygen atoms in total. The third kappa shape index (κ3) is 4.03. The van der Waals surface area contributed by atoms with Crippen molar-refractivity contribution in [1.82, 2.24) is 14.5 Å². The maximum Gasteiger partial charge on any atom is 0.227 e. The summed E-state index contributed by atoms with van der Waals surface area (Å²) >= 11 is 0. The number of aromatic nitrogens is 2. The first kappa shape index (κ1) is 17.3. The fourth-order valence-electron chi connectivity index (χ4n) is 3.54. The third-order valence-corrected chi connectivity index (χ3v) is 4.92. The summed E-state index contributed by atoms with van der Waals surface area (Å²) in [5.74, 6) is 0.977. The van der Waals surface area contributed by atoms with Crippen molar-refractivity contribution in [3.05, 3.63) is 83.9 Å². The predicted molar refractivity (Wildman–Crippen MR) is 103 cm³/mol. The molecule has 1 aliphatic heterocycles. The third-order valence-electron chi connectivity index (χ3n) is 4.92. The van der Waals surface area contributed by atoms with E-state index in [1.54, 1.807) is 12.5 Å². The van der Waals surface area contributed by atoms with Gasteiger partial charge in [-0.25, -0.2) is 4.98 Å². The van der Waals surface area contributed by atoms with Crippen molar-refractivity contribution in [2.75, 3.05) is 6.61 Å². The van der Waals surface area contributed by atoms with Gasteiger partial charge in [0.05, 0.1) is 18.8 Å². The van der Waals surface area contributed by atoms with E-state index in [-0.39, 0.29) is 11.9 Å². The van der Waals surface area contributed by atoms with E-state index in [1.165, 1.54) is 5.56 Å². The van der Waals surface area contributed by atoms with Crippen LogP contribution in [0.2, 0.25) is 0 Å². The van der Waals surface area contributed by atoms with Gasteiger partial charge < -0.3 is 14.2 Å². The first-order valence-corrected chi connectivity index (χ1v) is 9.20. The lowest BCUT2D eigenvalue weighted by Gasteiger charge is -2.29. The second kappa shape index (κ2) is 7.66. The SMILES string of the molecule is Cc1cccc(CC(=O)N2Cc3ccccc3OCC2Cn2ccnc2)c1. The molecule has 1 aromatic heterocycles. The van der Waals surface area contributed by atoms with Crippen molar-refractivity contribution in [3.8, 4) is 5.75 Å². The first-order chi connectivity index (χ1) is 13.2. The van der Waals surface area contributed by atoms with Gasteiger partial charge >= 0.3 is 0 Å². The Morgan fingerprint density at radius 2 is 2.11 bits per heavy atom. The van der Waals surface area contributed by atoms with Crippen molar-refractivity contribution in [1.29, 1.82) is 0 Å². The lowest BCUT2D eigenvalue weighted by atomic mass is 10.1. The Labute approximate surface area is 159 Å². The van der Waals surface area contributed by atoms with E-state index >= 15 is 0 Å². The van der Waals surface area contributed by atoms with Gasteiger partial charge in [0, 0.05) is 31.0 Å². The summed E-state index contributed by atoms with van der Waals surface area (Å²) in [5, 5.41) is 0. The maximum atomic E-state index is 13.2. The van der Waals surface area contributed by atoms with Crippen LogP contribution in [0.3, 0.4) is 0 Å². The molecule has 1 atom stereocenters. The Morgan fingerprint density at radius 3 is 2.93 bits per heavy atom. The molecule has 0 fully saturated rings. The zero-order chi connectivity index (χ0) is 18.6. The van der Waals surface area contributed by atoms with Crippen molar-refractivity contribution in [3.63, 3.8) is 0 Å². The van der Waals surface area contributed by atoms with Gasteiger partial charge in [-0.1, -0.05) is 48.0 Å². The first-order valence-electron chi connectivity index (χ1n) is 9.20. The number of nitrogens with zero attached hydrogens (tertiary/aromatic N) is 3. The summed E-state index contributed by atoms with van der Waals surface area (Å²) in [6.07, 6.45) is 5.85. The number of benzene rings is 2. The lowest BCUT2D eigenvalue weighted by Crippen LogP contribution is -2.44. The number of aryl methyl sites for hydroxylation is 1. The molecular formula is C22H23N3O2. The van der Waals surface area contributed by atoms with Gasteiger partial charge in [-0.15, -0.1) is 0 Å². The van der Waals surface area contributed by atoms with Crippen LogP contribution < -0.4 is 4.74 Å². The smallest absolute Gasteiger partial charge is 0.227 e. The molecule has 0 bridgehead atoms. The van der Waals surface area contributed by atoms with E-state index in [9.17, 15) is 4.79 Å². The van der Waals surface area contributed by atoms with Crippen molar-refractivity contribution in [2.24, 2.45) is 0 Å². The highest BCUT2D eigenvalue weighted by Gasteiger charge is 2.28. The molecule has 0 aliphatic carbocycles. The minimum atomic E-state index is -0.0519. The van der Waals surface area contributed by atoms with E-state index in [1.807, 2.05) is 65.1 Å². The molecule has 27 heavy (non-hydrogen) atoms. The number of carbonyl (C=O) groups is 1. The van der Waals surface area contributed by atoms with Crippen LogP contribution in [0.5, 0.6) is 5.75 Å². The highest BCUT2D eigenvalue weighted by Crippen LogP contribution is 2.26. The van der Waals surface area contributed by atoms with Crippen LogP contribution in [0.1, 0.15) is 16.7 Å². The topological polar surface area (TPSA) is 47.4 Å². The highest BCUT2D eigenvalue weighted by atomic mass is 16.5. The van der Waals surface area contributed by atoms with Crippen LogP contribution >= 0.6 is 0 Å². The number of amides is 1. The molecule has 0 saturated carbocycles. The molecule has 1 amide bonds. The highest BCUT2D eigenvalue weighted by molar-refractivity contribution is 5.79. The van der Waals surface area contributed by atoms with E-state index in [0.29, 0.717) is 26.1 Å². The molecule has 2 aromatic carbocycles. The number of para-hydroxylation sites is 1. The van der Waals surface area contributed by atoms with E-state index < -0.39 is 0 Å². The van der Waals surface area contributed by atoms with Crippen LogP contribution in [-0.2, 0) is 24.3 Å². The number of hydrogen-bond donors (Lipinski definition) is 0. The average molecular weight is 361 g/mol. The normalized spacial score (nSPS) is 16.3. The summed E-state index contributed by atoms with van der Waals surface area (Å²) in [7, 11) is 0. The standard InChI is InChI=1S/C22H23N3O2/c1-17-5-4-6-18(11-17)12-22(26)25-13-19-7-2-3-8-21(19)27-15-20(25)14-24-10-9-23-16-24/h2-11,16,20H,12-15H2,1H3. The molecule has 5 heteroatoms. The van der Waals surface area contributed by atoms with Crippen LogP contribution in [-0.4, -0.2) is 33.0 Å². The van der Waals surface area contributed by atoms with Gasteiger partial charge in [0.25, 0.3) is 0 Å². The van der Waals surface area contributed by atoms with Crippen LogP contribution in [0.15, 0.2) is 67.3 Å². The van der Waals surface area contributed by atoms with Crippen LogP contribution in [0.25, 0.3) is 0 Å². The monoisotopic (exact) mass is 361 g/mol. The van der Waals surface area contributed by atoms with E-state index in [4.69, 9.17) is 4.74 Å². The number of imidazole rings is 1. The zero-order valence-corrected chi connectivity index (χ0v) is 15.4. The quantitative estimate of drug-likeness (QED) is 0.717. The Balaban J connectivity index is 1.60. The minimum Gasteiger partial charge on any atom is -0.491 e. The number of fused-ring (bicyclic) bond motifs is 1. The Bertz CT molecular complexity index is 921. The molecule has 138 valence electrons. The molecule has 1 aliphatic rings. The zero-order valence-electron chi connectivity index (χ0n) is 15.4. The number of rotatable bonds is 4. The lowest BCUT2D eigenvalue weighted by molar-refractivity contribution is -0.134. The molecule has 1 unspecified atom stereocenters. The van der Waals surface area contributed by atoms with Crippen molar-refractivity contribution in [2.45, 2.75) is 32.5 Å². The summed E-state index contributed by atoms with van der Waals surface area (Å²) in [6, 6.07) is 16.0. The van der Waals surface area contributed by atoms with Gasteiger partial charge in [0.15, 0.2) is 0 Å². The molecule has 0 spiro atoms. The largest absolute Gasteiger partial charge is 0.491 e. The number of ether oxygens (including phenoxy) is 1.